The minimum Gasteiger partial charge on any atom is -0.497 e. The molecule has 1 aliphatic carbocycles. The van der Waals surface area contributed by atoms with Crippen LogP contribution in [0, 0.1) is 0 Å². The van der Waals surface area contributed by atoms with Crippen LogP contribution in [0.5, 0.6) is 5.75 Å². The van der Waals surface area contributed by atoms with Gasteiger partial charge in [-0.1, -0.05) is 55.1 Å². The predicted molar refractivity (Wildman–Crippen MR) is 122 cm³/mol. The Bertz CT molecular complexity index is 837. The maximum atomic E-state index is 11.7. The molecule has 2 aliphatic rings. The van der Waals surface area contributed by atoms with E-state index in [1.54, 1.807) is 7.11 Å². The molecule has 162 valence electrons. The first-order valence-electron chi connectivity index (χ1n) is 11.1. The Morgan fingerprint density at radius 1 is 1.17 bits per heavy atom. The molecule has 5 heteroatoms. The second-order valence-corrected chi connectivity index (χ2v) is 9.25. The molecule has 2 fully saturated rings. The Morgan fingerprint density at radius 3 is 2.73 bits per heavy atom. The van der Waals surface area contributed by atoms with E-state index in [2.05, 4.69) is 34.5 Å². The third-order valence-corrected chi connectivity index (χ3v) is 7.05. The molecule has 1 aliphatic heterocycles. The lowest BCUT2D eigenvalue weighted by atomic mass is 9.72. The molecule has 0 spiro atoms. The smallest absolute Gasteiger partial charge is 0.119 e. The number of ether oxygens (including phenoxy) is 1. The maximum Gasteiger partial charge on any atom is 0.119 e. The van der Waals surface area contributed by atoms with Crippen molar-refractivity contribution in [3.05, 3.63) is 64.7 Å². The number of benzene rings is 2. The van der Waals surface area contributed by atoms with Gasteiger partial charge in [0.2, 0.25) is 0 Å². The van der Waals surface area contributed by atoms with E-state index in [9.17, 15) is 5.11 Å². The zero-order chi connectivity index (χ0) is 21.0. The van der Waals surface area contributed by atoms with Gasteiger partial charge in [0.1, 0.15) is 5.75 Å². The Morgan fingerprint density at radius 2 is 1.97 bits per heavy atom. The lowest BCUT2D eigenvalue weighted by Crippen LogP contribution is -2.50. The molecule has 1 saturated carbocycles. The summed E-state index contributed by atoms with van der Waals surface area (Å²) >= 11 is 6.23. The van der Waals surface area contributed by atoms with Crippen molar-refractivity contribution in [1.82, 2.24) is 10.2 Å². The standard InChI is InChI=1S/C25H33ClN2O2/c1-30-22-10-6-7-19(16-22)23(25(29)11-3-2-4-12-25)17-28-14-13-27-24(18-28)20-8-5-9-21(26)15-20/h5-10,15-16,23-24,27,29H,2-4,11-14,17-18H2,1H3. The second kappa shape index (κ2) is 9.69. The summed E-state index contributed by atoms with van der Waals surface area (Å²) in [6, 6.07) is 16.7. The van der Waals surface area contributed by atoms with Crippen LogP contribution in [-0.2, 0) is 0 Å². The van der Waals surface area contributed by atoms with Crippen molar-refractivity contribution in [2.45, 2.75) is 49.7 Å². The number of halogens is 1. The van der Waals surface area contributed by atoms with Crippen LogP contribution in [0.15, 0.2) is 48.5 Å². The SMILES string of the molecule is COc1cccc(C(CN2CCNC(c3cccc(Cl)c3)C2)C2(O)CCCCC2)c1. The molecular weight excluding hydrogens is 396 g/mol. The minimum atomic E-state index is -0.652. The molecule has 2 aromatic rings. The summed E-state index contributed by atoms with van der Waals surface area (Å²) in [6.07, 6.45) is 5.17. The van der Waals surface area contributed by atoms with Gasteiger partial charge < -0.3 is 15.2 Å². The molecule has 0 bridgehead atoms. The van der Waals surface area contributed by atoms with Crippen LogP contribution in [0.3, 0.4) is 0 Å². The number of hydrogen-bond acceptors (Lipinski definition) is 4. The summed E-state index contributed by atoms with van der Waals surface area (Å²) in [7, 11) is 1.70. The van der Waals surface area contributed by atoms with Gasteiger partial charge in [0.25, 0.3) is 0 Å². The van der Waals surface area contributed by atoms with Crippen molar-refractivity contribution in [2.75, 3.05) is 33.3 Å². The Labute approximate surface area is 185 Å². The van der Waals surface area contributed by atoms with Crippen LogP contribution in [-0.4, -0.2) is 48.9 Å². The van der Waals surface area contributed by atoms with E-state index in [0.717, 1.165) is 62.6 Å². The van der Waals surface area contributed by atoms with Gasteiger partial charge in [0, 0.05) is 43.2 Å². The highest BCUT2D eigenvalue weighted by Gasteiger charge is 2.40. The quantitative estimate of drug-likeness (QED) is 0.695. The summed E-state index contributed by atoms with van der Waals surface area (Å²) in [4.78, 5) is 2.50. The van der Waals surface area contributed by atoms with E-state index in [1.807, 2.05) is 24.3 Å². The van der Waals surface area contributed by atoms with E-state index < -0.39 is 5.60 Å². The van der Waals surface area contributed by atoms with Gasteiger partial charge in [-0.25, -0.2) is 0 Å². The van der Waals surface area contributed by atoms with Crippen molar-refractivity contribution < 1.29 is 9.84 Å². The zero-order valence-electron chi connectivity index (χ0n) is 17.8. The molecule has 4 nitrogen and oxygen atoms in total. The fraction of sp³-hybridized carbons (Fsp3) is 0.520. The van der Waals surface area contributed by atoms with Crippen molar-refractivity contribution in [3.8, 4) is 5.75 Å². The summed E-state index contributed by atoms with van der Waals surface area (Å²) in [5, 5.41) is 16.1. The van der Waals surface area contributed by atoms with Gasteiger partial charge in [-0.3, -0.25) is 4.90 Å². The highest BCUT2D eigenvalue weighted by molar-refractivity contribution is 6.30. The van der Waals surface area contributed by atoms with Gasteiger partial charge in [0.15, 0.2) is 0 Å². The van der Waals surface area contributed by atoms with Gasteiger partial charge in [-0.05, 0) is 48.2 Å². The largest absolute Gasteiger partial charge is 0.497 e. The van der Waals surface area contributed by atoms with Crippen LogP contribution in [0.25, 0.3) is 0 Å². The molecule has 2 atom stereocenters. The zero-order valence-corrected chi connectivity index (χ0v) is 18.6. The van der Waals surface area contributed by atoms with Crippen molar-refractivity contribution in [2.24, 2.45) is 0 Å². The Kier molecular flexibility index (Phi) is 6.99. The summed E-state index contributed by atoms with van der Waals surface area (Å²) in [5.41, 5.74) is 1.75. The van der Waals surface area contributed by atoms with Crippen LogP contribution in [0.4, 0.5) is 0 Å². The molecule has 2 unspecified atom stereocenters. The number of hydrogen-bond donors (Lipinski definition) is 2. The first kappa shape index (κ1) is 21.6. The molecular formula is C25H33ClN2O2. The highest BCUT2D eigenvalue weighted by Crippen LogP contribution is 2.41. The monoisotopic (exact) mass is 428 g/mol. The van der Waals surface area contributed by atoms with E-state index in [-0.39, 0.29) is 12.0 Å². The normalized spacial score (nSPS) is 23.1. The maximum absolute atomic E-state index is 11.7. The fourth-order valence-corrected chi connectivity index (χ4v) is 5.34. The minimum absolute atomic E-state index is 0.0750. The molecule has 1 heterocycles. The number of rotatable bonds is 6. The lowest BCUT2D eigenvalue weighted by molar-refractivity contribution is -0.0328. The topological polar surface area (TPSA) is 44.7 Å². The number of aliphatic hydroxyl groups is 1. The number of nitrogens with zero attached hydrogens (tertiary/aromatic N) is 1. The van der Waals surface area contributed by atoms with Crippen LogP contribution in [0.1, 0.15) is 55.2 Å². The number of nitrogens with one attached hydrogen (secondary N) is 1. The van der Waals surface area contributed by atoms with Crippen LogP contribution < -0.4 is 10.1 Å². The molecule has 4 rings (SSSR count). The molecule has 30 heavy (non-hydrogen) atoms. The average molecular weight is 429 g/mol. The third kappa shape index (κ3) is 5.00. The Hall–Kier alpha value is -1.59. The van der Waals surface area contributed by atoms with Crippen LogP contribution >= 0.6 is 11.6 Å². The molecule has 0 radical (unpaired) electrons. The second-order valence-electron chi connectivity index (χ2n) is 8.81. The summed E-state index contributed by atoms with van der Waals surface area (Å²) < 4.78 is 5.48. The third-order valence-electron chi connectivity index (χ3n) is 6.82. The van der Waals surface area contributed by atoms with E-state index >= 15 is 0 Å². The summed E-state index contributed by atoms with van der Waals surface area (Å²) in [5.74, 6) is 0.931. The summed E-state index contributed by atoms with van der Waals surface area (Å²) in [6.45, 7) is 3.67. The van der Waals surface area contributed by atoms with Gasteiger partial charge in [0.05, 0.1) is 12.7 Å². The number of piperazine rings is 1. The molecule has 2 N–H and O–H groups in total. The van der Waals surface area contributed by atoms with Gasteiger partial charge in [-0.15, -0.1) is 0 Å². The van der Waals surface area contributed by atoms with E-state index in [0.29, 0.717) is 0 Å². The Balaban J connectivity index is 1.56. The number of methoxy groups -OCH3 is 1. The van der Waals surface area contributed by atoms with E-state index in [4.69, 9.17) is 16.3 Å². The first-order chi connectivity index (χ1) is 14.6. The molecule has 0 amide bonds. The highest BCUT2D eigenvalue weighted by atomic mass is 35.5. The van der Waals surface area contributed by atoms with Gasteiger partial charge >= 0.3 is 0 Å². The van der Waals surface area contributed by atoms with Crippen LogP contribution in [0.2, 0.25) is 5.02 Å². The van der Waals surface area contributed by atoms with Gasteiger partial charge in [-0.2, -0.15) is 0 Å². The van der Waals surface area contributed by atoms with Crippen molar-refractivity contribution >= 4 is 11.6 Å². The average Bonchev–Trinajstić information content (AvgIpc) is 2.78. The molecule has 0 aromatic heterocycles. The molecule has 2 aromatic carbocycles. The predicted octanol–water partition coefficient (Wildman–Crippen LogP) is 4.77. The lowest BCUT2D eigenvalue weighted by Gasteiger charge is -2.43. The molecule has 1 saturated heterocycles. The fourth-order valence-electron chi connectivity index (χ4n) is 5.14. The first-order valence-corrected chi connectivity index (χ1v) is 11.5. The van der Waals surface area contributed by atoms with E-state index in [1.165, 1.54) is 17.5 Å². The van der Waals surface area contributed by atoms with Crippen molar-refractivity contribution in [3.63, 3.8) is 0 Å². The van der Waals surface area contributed by atoms with Crippen molar-refractivity contribution in [1.29, 1.82) is 0 Å².